The largest absolute Gasteiger partial charge is 0.370 e. The molecule has 0 aromatic rings. The second-order valence-electron chi connectivity index (χ2n) is 3.01. The Kier molecular flexibility index (Phi) is 3.72. The molecule has 12 heavy (non-hydrogen) atoms. The Morgan fingerprint density at radius 3 is 2.58 bits per heavy atom. The van der Waals surface area contributed by atoms with Crippen molar-refractivity contribution in [2.75, 3.05) is 18.1 Å². The number of rotatable bonds is 2. The third-order valence-corrected chi connectivity index (χ3v) is 3.33. The van der Waals surface area contributed by atoms with Gasteiger partial charge in [0.25, 0.3) is 0 Å². The molecular weight excluding hydrogens is 170 g/mol. The van der Waals surface area contributed by atoms with E-state index in [0.29, 0.717) is 6.04 Å². The smallest absolute Gasteiger partial charge is 0.188 e. The van der Waals surface area contributed by atoms with Crippen LogP contribution in [0.1, 0.15) is 19.8 Å². The summed E-state index contributed by atoms with van der Waals surface area (Å²) in [5.74, 6) is 2.66. The monoisotopic (exact) mass is 187 g/mol. The van der Waals surface area contributed by atoms with E-state index in [2.05, 4.69) is 6.92 Å². The Labute approximate surface area is 78.2 Å². The van der Waals surface area contributed by atoms with Crippen LogP contribution in [0.4, 0.5) is 0 Å². The molecule has 0 radical (unpaired) electrons. The quantitative estimate of drug-likeness (QED) is 0.503. The van der Waals surface area contributed by atoms with Gasteiger partial charge >= 0.3 is 0 Å². The van der Waals surface area contributed by atoms with Crippen LogP contribution in [-0.4, -0.2) is 35.0 Å². The molecule has 70 valence electrons. The predicted molar refractivity (Wildman–Crippen MR) is 54.6 cm³/mol. The van der Waals surface area contributed by atoms with Crippen molar-refractivity contribution in [1.82, 2.24) is 4.90 Å². The van der Waals surface area contributed by atoms with E-state index in [1.807, 2.05) is 16.7 Å². The molecule has 0 aliphatic carbocycles. The number of nitrogens with two attached hydrogens (primary N) is 1. The molecule has 0 saturated carbocycles. The molecule has 3 N–H and O–H groups in total. The van der Waals surface area contributed by atoms with Crippen molar-refractivity contribution in [3.63, 3.8) is 0 Å². The lowest BCUT2D eigenvalue weighted by Gasteiger charge is -2.33. The van der Waals surface area contributed by atoms with E-state index in [9.17, 15) is 0 Å². The average Bonchev–Trinajstić information content (AvgIpc) is 2.07. The summed E-state index contributed by atoms with van der Waals surface area (Å²) in [5.41, 5.74) is 5.48. The van der Waals surface area contributed by atoms with E-state index in [-0.39, 0.29) is 5.96 Å². The number of guanidine groups is 1. The van der Waals surface area contributed by atoms with Gasteiger partial charge < -0.3 is 10.6 Å². The molecule has 0 unspecified atom stereocenters. The molecular formula is C8H17N3S. The van der Waals surface area contributed by atoms with Gasteiger partial charge in [0, 0.05) is 12.6 Å². The summed E-state index contributed by atoms with van der Waals surface area (Å²) in [6.07, 6.45) is 2.36. The molecule has 1 saturated heterocycles. The highest BCUT2D eigenvalue weighted by Gasteiger charge is 2.20. The molecule has 0 spiro atoms. The second-order valence-corrected chi connectivity index (χ2v) is 4.24. The zero-order valence-electron chi connectivity index (χ0n) is 7.55. The van der Waals surface area contributed by atoms with Gasteiger partial charge in [0.15, 0.2) is 5.96 Å². The first-order valence-electron chi connectivity index (χ1n) is 4.44. The second kappa shape index (κ2) is 4.60. The fourth-order valence-electron chi connectivity index (χ4n) is 1.62. The van der Waals surface area contributed by atoms with Crippen LogP contribution in [0.5, 0.6) is 0 Å². The molecule has 1 fully saturated rings. The number of hydrogen-bond acceptors (Lipinski definition) is 2. The third-order valence-electron chi connectivity index (χ3n) is 2.28. The van der Waals surface area contributed by atoms with Crippen LogP contribution in [0.3, 0.4) is 0 Å². The molecule has 0 atom stereocenters. The van der Waals surface area contributed by atoms with Crippen molar-refractivity contribution in [2.45, 2.75) is 25.8 Å². The standard InChI is InChI=1S/C8H17N3S/c1-2-11(8(9)10)7-3-5-12-6-4-7/h7H,2-6H2,1H3,(H3,9,10). The molecule has 0 aromatic heterocycles. The minimum Gasteiger partial charge on any atom is -0.370 e. The first-order valence-corrected chi connectivity index (χ1v) is 5.59. The van der Waals surface area contributed by atoms with Gasteiger partial charge in [-0.2, -0.15) is 11.8 Å². The average molecular weight is 187 g/mol. The van der Waals surface area contributed by atoms with Crippen LogP contribution < -0.4 is 5.73 Å². The van der Waals surface area contributed by atoms with Gasteiger partial charge in [0.2, 0.25) is 0 Å². The maximum absolute atomic E-state index is 7.38. The lowest BCUT2D eigenvalue weighted by molar-refractivity contribution is 0.301. The summed E-state index contributed by atoms with van der Waals surface area (Å²) in [6, 6.07) is 0.522. The van der Waals surface area contributed by atoms with E-state index in [4.69, 9.17) is 11.1 Å². The fraction of sp³-hybridized carbons (Fsp3) is 0.875. The minimum absolute atomic E-state index is 0.231. The molecule has 3 nitrogen and oxygen atoms in total. The first kappa shape index (κ1) is 9.71. The van der Waals surface area contributed by atoms with Crippen molar-refractivity contribution in [3.05, 3.63) is 0 Å². The van der Waals surface area contributed by atoms with Gasteiger partial charge in [-0.15, -0.1) is 0 Å². The Hall–Kier alpha value is -0.380. The molecule has 1 rings (SSSR count). The van der Waals surface area contributed by atoms with Gasteiger partial charge in [-0.25, -0.2) is 0 Å². The maximum atomic E-state index is 7.38. The predicted octanol–water partition coefficient (Wildman–Crippen LogP) is 1.10. The lowest BCUT2D eigenvalue weighted by atomic mass is 10.1. The normalized spacial score (nSPS) is 19.1. The molecule has 0 bridgehead atoms. The van der Waals surface area contributed by atoms with Crippen LogP contribution in [0.15, 0.2) is 0 Å². The van der Waals surface area contributed by atoms with Gasteiger partial charge in [0.05, 0.1) is 0 Å². The summed E-state index contributed by atoms with van der Waals surface area (Å²) < 4.78 is 0. The van der Waals surface area contributed by atoms with Gasteiger partial charge in [0.1, 0.15) is 0 Å². The van der Waals surface area contributed by atoms with Gasteiger partial charge in [-0.05, 0) is 31.3 Å². The Balaban J connectivity index is 2.46. The molecule has 0 aromatic carbocycles. The summed E-state index contributed by atoms with van der Waals surface area (Å²) in [6.45, 7) is 2.92. The van der Waals surface area contributed by atoms with E-state index < -0.39 is 0 Å². The van der Waals surface area contributed by atoms with Crippen LogP contribution in [0, 0.1) is 5.41 Å². The van der Waals surface area contributed by atoms with Crippen LogP contribution in [0.2, 0.25) is 0 Å². The van der Waals surface area contributed by atoms with E-state index in [1.54, 1.807) is 0 Å². The van der Waals surface area contributed by atoms with Crippen LogP contribution in [-0.2, 0) is 0 Å². The van der Waals surface area contributed by atoms with Crippen molar-refractivity contribution in [2.24, 2.45) is 5.73 Å². The van der Waals surface area contributed by atoms with Crippen LogP contribution in [0.25, 0.3) is 0 Å². The molecule has 1 aliphatic rings. The van der Waals surface area contributed by atoms with Crippen molar-refractivity contribution < 1.29 is 0 Å². The lowest BCUT2D eigenvalue weighted by Crippen LogP contribution is -2.45. The molecule has 0 amide bonds. The maximum Gasteiger partial charge on any atom is 0.188 e. The van der Waals surface area contributed by atoms with E-state index in [1.165, 1.54) is 24.3 Å². The molecule has 4 heteroatoms. The van der Waals surface area contributed by atoms with Crippen molar-refractivity contribution >= 4 is 17.7 Å². The molecule has 1 aliphatic heterocycles. The zero-order valence-corrected chi connectivity index (χ0v) is 8.36. The summed E-state index contributed by atoms with van der Waals surface area (Å²) in [5, 5.41) is 7.38. The summed E-state index contributed by atoms with van der Waals surface area (Å²) in [4.78, 5) is 2.00. The van der Waals surface area contributed by atoms with Crippen LogP contribution >= 0.6 is 11.8 Å². The fourth-order valence-corrected chi connectivity index (χ4v) is 2.70. The van der Waals surface area contributed by atoms with Gasteiger partial charge in [-0.3, -0.25) is 5.41 Å². The Morgan fingerprint density at radius 2 is 2.17 bits per heavy atom. The van der Waals surface area contributed by atoms with E-state index in [0.717, 1.165) is 6.54 Å². The highest BCUT2D eigenvalue weighted by atomic mass is 32.2. The highest BCUT2D eigenvalue weighted by molar-refractivity contribution is 7.99. The van der Waals surface area contributed by atoms with Crippen molar-refractivity contribution in [1.29, 1.82) is 5.41 Å². The van der Waals surface area contributed by atoms with Crippen molar-refractivity contribution in [3.8, 4) is 0 Å². The van der Waals surface area contributed by atoms with Gasteiger partial charge in [-0.1, -0.05) is 0 Å². The number of thioether (sulfide) groups is 1. The number of hydrogen-bond donors (Lipinski definition) is 2. The third kappa shape index (κ3) is 2.30. The molecule has 1 heterocycles. The first-order chi connectivity index (χ1) is 5.75. The summed E-state index contributed by atoms with van der Waals surface area (Å²) in [7, 11) is 0. The number of nitrogens with one attached hydrogen (secondary N) is 1. The van der Waals surface area contributed by atoms with E-state index >= 15 is 0 Å². The number of nitrogens with zero attached hydrogens (tertiary/aromatic N) is 1. The minimum atomic E-state index is 0.231. The SMILES string of the molecule is CCN(C(=N)N)C1CCSCC1. The zero-order chi connectivity index (χ0) is 8.97. The Morgan fingerprint density at radius 1 is 1.58 bits per heavy atom. The highest BCUT2D eigenvalue weighted by Crippen LogP contribution is 2.21. The summed E-state index contributed by atoms with van der Waals surface area (Å²) >= 11 is 2.00. The Bertz CT molecular complexity index is 154. The topological polar surface area (TPSA) is 53.1 Å².